The number of sulfonamides is 1. The van der Waals surface area contributed by atoms with Gasteiger partial charge >= 0.3 is 5.97 Å². The molecule has 1 aromatic rings. The standard InChI is InChI=1S/C16H24N2O6S/c1-11(2)12(3)17-15(19)10-24-16(20)13-6-8-14(9-7-13)25(21,22)18(4)23-5/h6-9,11-12H,10H2,1-5H3,(H,17,19)/t12-/m0/s1. The molecule has 0 saturated carbocycles. The molecule has 140 valence electrons. The highest BCUT2D eigenvalue weighted by atomic mass is 32.2. The summed E-state index contributed by atoms with van der Waals surface area (Å²) >= 11 is 0. The van der Waals surface area contributed by atoms with E-state index in [9.17, 15) is 18.0 Å². The van der Waals surface area contributed by atoms with Gasteiger partial charge in [-0.1, -0.05) is 18.3 Å². The van der Waals surface area contributed by atoms with Crippen molar-refractivity contribution in [2.75, 3.05) is 20.8 Å². The molecule has 1 atom stereocenters. The van der Waals surface area contributed by atoms with Gasteiger partial charge in [0.05, 0.1) is 17.6 Å². The lowest BCUT2D eigenvalue weighted by Crippen LogP contribution is -2.38. The number of rotatable bonds is 8. The fourth-order valence-electron chi connectivity index (χ4n) is 1.69. The van der Waals surface area contributed by atoms with Crippen LogP contribution in [0.15, 0.2) is 29.2 Å². The third-order valence-corrected chi connectivity index (χ3v) is 5.40. The highest BCUT2D eigenvalue weighted by Crippen LogP contribution is 2.15. The van der Waals surface area contributed by atoms with Crippen LogP contribution >= 0.6 is 0 Å². The molecule has 0 bridgehead atoms. The van der Waals surface area contributed by atoms with Crippen LogP contribution in [0.25, 0.3) is 0 Å². The minimum Gasteiger partial charge on any atom is -0.452 e. The van der Waals surface area contributed by atoms with Gasteiger partial charge in [-0.15, -0.1) is 0 Å². The summed E-state index contributed by atoms with van der Waals surface area (Å²) in [4.78, 5) is 28.3. The Labute approximate surface area is 148 Å². The summed E-state index contributed by atoms with van der Waals surface area (Å²) in [6.07, 6.45) is 0. The minimum atomic E-state index is -3.78. The van der Waals surface area contributed by atoms with Gasteiger partial charge in [0, 0.05) is 13.1 Å². The molecule has 0 aliphatic rings. The Bertz CT molecular complexity index is 700. The molecule has 0 heterocycles. The first-order chi connectivity index (χ1) is 11.6. The Morgan fingerprint density at radius 2 is 1.72 bits per heavy atom. The number of benzene rings is 1. The quantitative estimate of drug-likeness (QED) is 0.543. The summed E-state index contributed by atoms with van der Waals surface area (Å²) in [5.74, 6) is -0.841. The van der Waals surface area contributed by atoms with E-state index in [4.69, 9.17) is 4.74 Å². The summed E-state index contributed by atoms with van der Waals surface area (Å²) in [7, 11) is -1.30. The summed E-state index contributed by atoms with van der Waals surface area (Å²) in [5.41, 5.74) is 0.142. The summed E-state index contributed by atoms with van der Waals surface area (Å²) in [6.45, 7) is 5.39. The molecule has 0 radical (unpaired) electrons. The van der Waals surface area contributed by atoms with Crippen LogP contribution in [-0.4, -0.2) is 51.6 Å². The maximum Gasteiger partial charge on any atom is 0.338 e. The zero-order valence-corrected chi connectivity index (χ0v) is 15.8. The van der Waals surface area contributed by atoms with E-state index in [-0.39, 0.29) is 22.4 Å². The van der Waals surface area contributed by atoms with Crippen LogP contribution < -0.4 is 5.32 Å². The molecule has 9 heteroatoms. The van der Waals surface area contributed by atoms with Crippen LogP contribution in [0.2, 0.25) is 0 Å². The van der Waals surface area contributed by atoms with Crippen LogP contribution in [-0.2, 0) is 24.4 Å². The number of carbonyl (C=O) groups is 2. The maximum absolute atomic E-state index is 12.0. The van der Waals surface area contributed by atoms with Crippen molar-refractivity contribution in [1.29, 1.82) is 0 Å². The van der Waals surface area contributed by atoms with Crippen LogP contribution in [0, 0.1) is 5.92 Å². The maximum atomic E-state index is 12.0. The van der Waals surface area contributed by atoms with Gasteiger partial charge in [0.2, 0.25) is 0 Å². The largest absolute Gasteiger partial charge is 0.452 e. The average molecular weight is 372 g/mol. The number of nitrogens with zero attached hydrogens (tertiary/aromatic N) is 1. The fourth-order valence-corrected chi connectivity index (χ4v) is 2.66. The van der Waals surface area contributed by atoms with E-state index in [0.29, 0.717) is 4.47 Å². The van der Waals surface area contributed by atoms with Crippen molar-refractivity contribution in [1.82, 2.24) is 9.79 Å². The zero-order valence-electron chi connectivity index (χ0n) is 15.0. The number of amides is 1. The Morgan fingerprint density at radius 1 is 1.16 bits per heavy atom. The number of hydrogen-bond acceptors (Lipinski definition) is 6. The van der Waals surface area contributed by atoms with Gasteiger partial charge in [0.15, 0.2) is 6.61 Å². The monoisotopic (exact) mass is 372 g/mol. The molecule has 0 aliphatic carbocycles. The van der Waals surface area contributed by atoms with E-state index in [2.05, 4.69) is 10.2 Å². The predicted molar refractivity (Wildman–Crippen MR) is 91.1 cm³/mol. The summed E-state index contributed by atoms with van der Waals surface area (Å²) < 4.78 is 29.7. The smallest absolute Gasteiger partial charge is 0.338 e. The Morgan fingerprint density at radius 3 is 2.20 bits per heavy atom. The number of ether oxygens (including phenoxy) is 1. The van der Waals surface area contributed by atoms with Crippen molar-refractivity contribution in [3.05, 3.63) is 29.8 Å². The molecule has 1 N–H and O–H groups in total. The van der Waals surface area contributed by atoms with E-state index in [1.54, 1.807) is 0 Å². The topological polar surface area (TPSA) is 102 Å². The van der Waals surface area contributed by atoms with Crippen LogP contribution in [0.3, 0.4) is 0 Å². The molecular formula is C16H24N2O6S. The highest BCUT2D eigenvalue weighted by molar-refractivity contribution is 7.89. The first kappa shape index (κ1) is 21.1. The van der Waals surface area contributed by atoms with Crippen molar-refractivity contribution in [2.24, 2.45) is 5.92 Å². The second-order valence-electron chi connectivity index (χ2n) is 5.80. The van der Waals surface area contributed by atoms with E-state index in [0.717, 1.165) is 0 Å². The first-order valence-electron chi connectivity index (χ1n) is 7.69. The molecule has 8 nitrogen and oxygen atoms in total. The second kappa shape index (κ2) is 8.93. The van der Waals surface area contributed by atoms with E-state index >= 15 is 0 Å². The van der Waals surface area contributed by atoms with Crippen molar-refractivity contribution in [3.63, 3.8) is 0 Å². The summed E-state index contributed by atoms with van der Waals surface area (Å²) in [6, 6.07) is 5.12. The van der Waals surface area contributed by atoms with E-state index in [1.165, 1.54) is 38.4 Å². The molecule has 0 unspecified atom stereocenters. The van der Waals surface area contributed by atoms with Crippen molar-refractivity contribution in [2.45, 2.75) is 31.7 Å². The Balaban J connectivity index is 2.68. The minimum absolute atomic E-state index is 0.0306. The molecule has 0 aliphatic heterocycles. The average Bonchev–Trinajstić information content (AvgIpc) is 2.58. The van der Waals surface area contributed by atoms with Crippen molar-refractivity contribution < 1.29 is 27.6 Å². The lowest BCUT2D eigenvalue weighted by Gasteiger charge is -2.17. The molecule has 1 rings (SSSR count). The number of hydrogen-bond donors (Lipinski definition) is 1. The summed E-state index contributed by atoms with van der Waals surface area (Å²) in [5, 5.41) is 2.72. The lowest BCUT2D eigenvalue weighted by molar-refractivity contribution is -0.125. The van der Waals surface area contributed by atoms with Crippen LogP contribution in [0.1, 0.15) is 31.1 Å². The van der Waals surface area contributed by atoms with Gasteiger partial charge in [0.1, 0.15) is 0 Å². The molecule has 1 amide bonds. The number of hydroxylamine groups is 1. The van der Waals surface area contributed by atoms with Gasteiger partial charge < -0.3 is 10.1 Å². The number of nitrogens with one attached hydrogen (secondary N) is 1. The molecule has 25 heavy (non-hydrogen) atoms. The van der Waals surface area contributed by atoms with Gasteiger partial charge in [-0.3, -0.25) is 9.63 Å². The Kier molecular flexibility index (Phi) is 7.53. The normalized spacial score (nSPS) is 12.9. The SMILES string of the molecule is CON(C)S(=O)(=O)c1ccc(C(=O)OCC(=O)N[C@@H](C)C(C)C)cc1. The van der Waals surface area contributed by atoms with Gasteiger partial charge in [-0.2, -0.15) is 0 Å². The molecule has 0 fully saturated rings. The lowest BCUT2D eigenvalue weighted by atomic mass is 10.1. The third-order valence-electron chi connectivity index (χ3n) is 3.71. The highest BCUT2D eigenvalue weighted by Gasteiger charge is 2.21. The fraction of sp³-hybridized carbons (Fsp3) is 0.500. The molecule has 0 saturated heterocycles. The Hall–Kier alpha value is -1.97. The van der Waals surface area contributed by atoms with Gasteiger partial charge in [-0.05, 0) is 37.1 Å². The molecule has 0 spiro atoms. The molecule has 0 aromatic heterocycles. The third kappa shape index (κ3) is 5.80. The predicted octanol–water partition coefficient (Wildman–Crippen LogP) is 1.19. The van der Waals surface area contributed by atoms with Gasteiger partial charge in [-0.25, -0.2) is 13.2 Å². The molecular weight excluding hydrogens is 348 g/mol. The first-order valence-corrected chi connectivity index (χ1v) is 9.13. The van der Waals surface area contributed by atoms with E-state index < -0.39 is 28.5 Å². The van der Waals surface area contributed by atoms with Crippen LogP contribution in [0.4, 0.5) is 0 Å². The van der Waals surface area contributed by atoms with Crippen molar-refractivity contribution >= 4 is 21.9 Å². The van der Waals surface area contributed by atoms with E-state index in [1.807, 2.05) is 20.8 Å². The second-order valence-corrected chi connectivity index (χ2v) is 7.73. The zero-order chi connectivity index (χ0) is 19.2. The van der Waals surface area contributed by atoms with Gasteiger partial charge in [0.25, 0.3) is 15.9 Å². The number of carbonyl (C=O) groups excluding carboxylic acids is 2. The molecule has 1 aromatic carbocycles. The number of esters is 1. The van der Waals surface area contributed by atoms with Crippen molar-refractivity contribution in [3.8, 4) is 0 Å². The van der Waals surface area contributed by atoms with Crippen LogP contribution in [0.5, 0.6) is 0 Å².